The average molecular weight is 448 g/mol. The van der Waals surface area contributed by atoms with Crippen molar-refractivity contribution in [3.05, 3.63) is 35.9 Å². The lowest BCUT2D eigenvalue weighted by Gasteiger charge is -2.27. The summed E-state index contributed by atoms with van der Waals surface area (Å²) < 4.78 is 5.41. The smallest absolute Gasteiger partial charge is 0.329 e. The van der Waals surface area contributed by atoms with E-state index in [0.29, 0.717) is 12.8 Å². The summed E-state index contributed by atoms with van der Waals surface area (Å²) in [4.78, 5) is 38.3. The number of nitrogens with one attached hydrogen (secondary N) is 3. The number of benzene rings is 1. The van der Waals surface area contributed by atoms with Gasteiger partial charge in [0.05, 0.1) is 0 Å². The summed E-state index contributed by atoms with van der Waals surface area (Å²) in [6.07, 6.45) is 0.758. The van der Waals surface area contributed by atoms with Crippen LogP contribution in [0, 0.1) is 11.8 Å². The first-order valence-electron chi connectivity index (χ1n) is 11.4. The largest absolute Gasteiger partial charge is 0.459 e. The van der Waals surface area contributed by atoms with E-state index in [1.807, 2.05) is 58.0 Å². The topological polar surface area (TPSA) is 117 Å². The van der Waals surface area contributed by atoms with Crippen molar-refractivity contribution in [2.75, 3.05) is 6.54 Å². The van der Waals surface area contributed by atoms with Gasteiger partial charge in [0.25, 0.3) is 5.91 Å². The van der Waals surface area contributed by atoms with Crippen molar-refractivity contribution in [1.29, 1.82) is 0 Å². The molecular formula is C24H37N3O5. The summed E-state index contributed by atoms with van der Waals surface area (Å²) in [5.74, 6) is -1.66. The minimum absolute atomic E-state index is 0.117. The van der Waals surface area contributed by atoms with Gasteiger partial charge in [-0.15, -0.1) is 0 Å². The first kappa shape index (κ1) is 25.8. The van der Waals surface area contributed by atoms with Crippen LogP contribution in [0.5, 0.6) is 0 Å². The van der Waals surface area contributed by atoms with Crippen molar-refractivity contribution < 1.29 is 24.2 Å². The molecule has 1 aliphatic heterocycles. The van der Waals surface area contributed by atoms with Gasteiger partial charge in [-0.25, -0.2) is 4.79 Å². The molecular weight excluding hydrogens is 410 g/mol. The van der Waals surface area contributed by atoms with Gasteiger partial charge < -0.3 is 25.8 Å². The number of ether oxygens (including phenoxy) is 1. The molecule has 1 aromatic carbocycles. The molecule has 2 unspecified atom stereocenters. The lowest BCUT2D eigenvalue weighted by molar-refractivity contribution is -0.150. The van der Waals surface area contributed by atoms with Crippen LogP contribution in [0.15, 0.2) is 30.3 Å². The Hall–Kier alpha value is -2.45. The summed E-state index contributed by atoms with van der Waals surface area (Å²) in [5, 5.41) is 18.9. The fourth-order valence-electron chi connectivity index (χ4n) is 3.69. The highest BCUT2D eigenvalue weighted by atomic mass is 16.5. The average Bonchev–Trinajstić information content (AvgIpc) is 3.29. The molecule has 1 aromatic rings. The molecule has 0 aliphatic carbocycles. The van der Waals surface area contributed by atoms with Gasteiger partial charge in [-0.2, -0.15) is 0 Å². The minimum Gasteiger partial charge on any atom is -0.459 e. The molecule has 1 fully saturated rings. The molecule has 0 radical (unpaired) electrons. The molecule has 8 nitrogen and oxygen atoms in total. The van der Waals surface area contributed by atoms with Crippen molar-refractivity contribution in [2.45, 2.75) is 77.8 Å². The minimum atomic E-state index is -1.23. The first-order valence-corrected chi connectivity index (χ1v) is 11.4. The molecule has 0 bridgehead atoms. The third-order valence-corrected chi connectivity index (χ3v) is 5.53. The third kappa shape index (κ3) is 7.91. The SMILES string of the molecule is CC(C)C[C@@H](NC(=O)C(O)C1CCCN1)C(=O)N[C@H](C(=O)OCc1ccccc1)C(C)C. The van der Waals surface area contributed by atoms with Crippen LogP contribution in [0.2, 0.25) is 0 Å². The predicted octanol–water partition coefficient (Wildman–Crippen LogP) is 1.51. The van der Waals surface area contributed by atoms with E-state index in [4.69, 9.17) is 4.74 Å². The van der Waals surface area contributed by atoms with E-state index in [-0.39, 0.29) is 24.5 Å². The molecule has 178 valence electrons. The van der Waals surface area contributed by atoms with Crippen LogP contribution < -0.4 is 16.0 Å². The van der Waals surface area contributed by atoms with Crippen LogP contribution in [-0.4, -0.2) is 53.7 Å². The van der Waals surface area contributed by atoms with Crippen LogP contribution in [0.1, 0.15) is 52.5 Å². The Bertz CT molecular complexity index is 747. The van der Waals surface area contributed by atoms with E-state index in [1.165, 1.54) is 0 Å². The molecule has 2 amide bonds. The zero-order valence-corrected chi connectivity index (χ0v) is 19.5. The zero-order valence-electron chi connectivity index (χ0n) is 19.5. The maximum atomic E-state index is 13.0. The fraction of sp³-hybridized carbons (Fsp3) is 0.625. The van der Waals surface area contributed by atoms with Gasteiger partial charge in [0, 0.05) is 6.04 Å². The van der Waals surface area contributed by atoms with Crippen LogP contribution >= 0.6 is 0 Å². The number of rotatable bonds is 11. The predicted molar refractivity (Wildman–Crippen MR) is 121 cm³/mol. The number of carbonyl (C=O) groups is 3. The normalized spacial score (nSPS) is 18.8. The summed E-state index contributed by atoms with van der Waals surface area (Å²) in [5.41, 5.74) is 0.856. The van der Waals surface area contributed by atoms with Gasteiger partial charge in [0.15, 0.2) is 0 Å². The number of hydrogen-bond donors (Lipinski definition) is 4. The number of carbonyl (C=O) groups excluding carboxylic acids is 3. The van der Waals surface area contributed by atoms with Gasteiger partial charge in [0.2, 0.25) is 5.91 Å². The molecule has 4 N–H and O–H groups in total. The quantitative estimate of drug-likeness (QED) is 0.382. The Morgan fingerprint density at radius 3 is 2.34 bits per heavy atom. The lowest BCUT2D eigenvalue weighted by atomic mass is 9.99. The molecule has 1 aliphatic rings. The van der Waals surface area contributed by atoms with E-state index in [1.54, 1.807) is 0 Å². The van der Waals surface area contributed by atoms with Gasteiger partial charge >= 0.3 is 5.97 Å². The molecule has 1 saturated heterocycles. The van der Waals surface area contributed by atoms with Crippen LogP contribution in [0.25, 0.3) is 0 Å². The molecule has 1 heterocycles. The summed E-state index contributed by atoms with van der Waals surface area (Å²) in [6.45, 7) is 8.39. The second kappa shape index (κ2) is 12.6. The molecule has 2 rings (SSSR count). The second-order valence-electron chi connectivity index (χ2n) is 9.16. The molecule has 0 aromatic heterocycles. The highest BCUT2D eigenvalue weighted by Crippen LogP contribution is 2.13. The highest BCUT2D eigenvalue weighted by Gasteiger charge is 2.33. The Morgan fingerprint density at radius 2 is 1.78 bits per heavy atom. The summed E-state index contributed by atoms with van der Waals surface area (Å²) in [7, 11) is 0. The molecule has 8 heteroatoms. The Labute approximate surface area is 190 Å². The Balaban J connectivity index is 2.00. The van der Waals surface area contributed by atoms with Gasteiger partial charge in [-0.3, -0.25) is 9.59 Å². The van der Waals surface area contributed by atoms with Crippen LogP contribution in [0.4, 0.5) is 0 Å². The van der Waals surface area contributed by atoms with Gasteiger partial charge in [0.1, 0.15) is 24.8 Å². The molecule has 0 saturated carbocycles. The van der Waals surface area contributed by atoms with E-state index in [0.717, 1.165) is 18.5 Å². The van der Waals surface area contributed by atoms with Crippen molar-refractivity contribution >= 4 is 17.8 Å². The Kier molecular flexibility index (Phi) is 10.1. The molecule has 4 atom stereocenters. The number of hydrogen-bond acceptors (Lipinski definition) is 6. The van der Waals surface area contributed by atoms with E-state index < -0.39 is 36.0 Å². The van der Waals surface area contributed by atoms with Crippen molar-refractivity contribution in [1.82, 2.24) is 16.0 Å². The second-order valence-corrected chi connectivity index (χ2v) is 9.16. The standard InChI is InChI=1S/C24H37N3O5/c1-15(2)13-19(26-23(30)21(28)18-11-8-12-25-18)22(29)27-20(16(3)4)24(31)32-14-17-9-6-5-7-10-17/h5-7,9-10,15-16,18-21,25,28H,8,11-14H2,1-4H3,(H,26,30)(H,27,29)/t18?,19-,20+,21?/m1/s1. The van der Waals surface area contributed by atoms with E-state index >= 15 is 0 Å². The molecule has 0 spiro atoms. The lowest BCUT2D eigenvalue weighted by Crippen LogP contribution is -2.56. The van der Waals surface area contributed by atoms with Gasteiger partial charge in [-0.05, 0) is 43.2 Å². The molecule has 32 heavy (non-hydrogen) atoms. The maximum absolute atomic E-state index is 13.0. The number of aliphatic hydroxyl groups is 1. The first-order chi connectivity index (χ1) is 15.2. The van der Waals surface area contributed by atoms with Crippen LogP contribution in [-0.2, 0) is 25.7 Å². The maximum Gasteiger partial charge on any atom is 0.329 e. The van der Waals surface area contributed by atoms with E-state index in [2.05, 4.69) is 16.0 Å². The zero-order chi connectivity index (χ0) is 23.7. The number of aliphatic hydroxyl groups excluding tert-OH is 1. The fourth-order valence-corrected chi connectivity index (χ4v) is 3.69. The Morgan fingerprint density at radius 1 is 1.09 bits per heavy atom. The van der Waals surface area contributed by atoms with Crippen molar-refractivity contribution in [3.63, 3.8) is 0 Å². The number of esters is 1. The van der Waals surface area contributed by atoms with Crippen LogP contribution in [0.3, 0.4) is 0 Å². The van der Waals surface area contributed by atoms with E-state index in [9.17, 15) is 19.5 Å². The van der Waals surface area contributed by atoms with Gasteiger partial charge in [-0.1, -0.05) is 58.0 Å². The summed E-state index contributed by atoms with van der Waals surface area (Å²) >= 11 is 0. The monoisotopic (exact) mass is 447 g/mol. The number of amides is 2. The third-order valence-electron chi connectivity index (χ3n) is 5.53. The summed E-state index contributed by atoms with van der Waals surface area (Å²) in [6, 6.07) is 7.30. The van der Waals surface area contributed by atoms with Crippen molar-refractivity contribution in [3.8, 4) is 0 Å². The van der Waals surface area contributed by atoms with Crippen molar-refractivity contribution in [2.24, 2.45) is 11.8 Å². The highest BCUT2D eigenvalue weighted by molar-refractivity contribution is 5.92.